The number of rotatable bonds is 5. The number of phenolic OH excluding ortho intramolecular Hbond substituents is 1. The van der Waals surface area contributed by atoms with Crippen molar-refractivity contribution in [3.8, 4) is 5.75 Å². The van der Waals surface area contributed by atoms with Crippen LogP contribution in [0.3, 0.4) is 0 Å². The summed E-state index contributed by atoms with van der Waals surface area (Å²) in [4.78, 5) is 10.5. The van der Waals surface area contributed by atoms with Gasteiger partial charge in [-0.3, -0.25) is 9.10 Å². The summed E-state index contributed by atoms with van der Waals surface area (Å²) in [6.45, 7) is -0.620. The van der Waals surface area contributed by atoms with Gasteiger partial charge in [0.15, 0.2) is 0 Å². The van der Waals surface area contributed by atoms with Gasteiger partial charge in [0.25, 0.3) is 0 Å². The summed E-state index contributed by atoms with van der Waals surface area (Å²) in [6.07, 6.45) is 0. The van der Waals surface area contributed by atoms with Crippen molar-refractivity contribution >= 4 is 21.9 Å². The Morgan fingerprint density at radius 1 is 1.22 bits per heavy atom. The van der Waals surface area contributed by atoms with E-state index >= 15 is 0 Å². The second-order valence-electron chi connectivity index (χ2n) is 3.64. The molecular formula is C10H14N2O5S. The summed E-state index contributed by atoms with van der Waals surface area (Å²) in [5.74, 6) is -1.22. The summed E-state index contributed by atoms with van der Waals surface area (Å²) in [6, 6.07) is 5.53. The minimum absolute atomic E-state index is 0.0171. The second kappa shape index (κ2) is 5.23. The van der Waals surface area contributed by atoms with Crippen LogP contribution in [0.2, 0.25) is 0 Å². The maximum atomic E-state index is 12.0. The summed E-state index contributed by atoms with van der Waals surface area (Å²) < 4.78 is 25.6. The first-order chi connectivity index (χ1) is 8.25. The molecule has 0 bridgehead atoms. The van der Waals surface area contributed by atoms with Crippen LogP contribution in [0.5, 0.6) is 5.75 Å². The van der Waals surface area contributed by atoms with Crippen LogP contribution in [-0.4, -0.2) is 49.5 Å². The molecule has 100 valence electrons. The van der Waals surface area contributed by atoms with Crippen LogP contribution in [0.15, 0.2) is 24.3 Å². The number of carbonyl (C=O) groups is 1. The third-order valence-corrected chi connectivity index (χ3v) is 4.13. The molecule has 0 aromatic heterocycles. The fourth-order valence-electron chi connectivity index (χ4n) is 1.28. The Morgan fingerprint density at radius 2 is 1.72 bits per heavy atom. The highest BCUT2D eigenvalue weighted by Crippen LogP contribution is 2.20. The second-order valence-corrected chi connectivity index (χ2v) is 5.71. The number of anilines is 1. The zero-order valence-electron chi connectivity index (χ0n) is 9.94. The van der Waals surface area contributed by atoms with Gasteiger partial charge in [0.1, 0.15) is 12.3 Å². The van der Waals surface area contributed by atoms with Gasteiger partial charge in [-0.1, -0.05) is 0 Å². The van der Waals surface area contributed by atoms with E-state index in [9.17, 15) is 13.2 Å². The van der Waals surface area contributed by atoms with E-state index in [0.29, 0.717) is 5.69 Å². The van der Waals surface area contributed by atoms with Crippen molar-refractivity contribution in [2.24, 2.45) is 0 Å². The van der Waals surface area contributed by atoms with Crippen LogP contribution in [0.1, 0.15) is 0 Å². The Balaban J connectivity index is 2.98. The molecule has 1 aromatic carbocycles. The third-order valence-electron chi connectivity index (χ3n) is 2.31. The van der Waals surface area contributed by atoms with Gasteiger partial charge in [-0.25, -0.2) is 0 Å². The van der Waals surface area contributed by atoms with Gasteiger partial charge in [-0.15, -0.1) is 0 Å². The molecule has 2 N–H and O–H groups in total. The lowest BCUT2D eigenvalue weighted by molar-refractivity contribution is -0.137. The predicted octanol–water partition coefficient (Wildman–Crippen LogP) is 0.0896. The van der Waals surface area contributed by atoms with Crippen molar-refractivity contribution in [3.63, 3.8) is 0 Å². The molecule has 0 unspecified atom stereocenters. The Hall–Kier alpha value is -1.80. The molecule has 0 spiro atoms. The van der Waals surface area contributed by atoms with E-state index in [2.05, 4.69) is 0 Å². The van der Waals surface area contributed by atoms with E-state index in [1.165, 1.54) is 38.4 Å². The van der Waals surface area contributed by atoms with Crippen LogP contribution in [0.4, 0.5) is 5.69 Å². The molecule has 0 saturated heterocycles. The maximum absolute atomic E-state index is 12.0. The summed E-state index contributed by atoms with van der Waals surface area (Å²) >= 11 is 0. The van der Waals surface area contributed by atoms with Gasteiger partial charge in [-0.05, 0) is 24.3 Å². The normalized spacial score (nSPS) is 11.5. The van der Waals surface area contributed by atoms with Gasteiger partial charge >= 0.3 is 16.2 Å². The van der Waals surface area contributed by atoms with Crippen LogP contribution in [0.25, 0.3) is 0 Å². The topological polar surface area (TPSA) is 98.2 Å². The molecule has 18 heavy (non-hydrogen) atoms. The third kappa shape index (κ3) is 3.11. The van der Waals surface area contributed by atoms with Gasteiger partial charge < -0.3 is 10.2 Å². The van der Waals surface area contributed by atoms with E-state index < -0.39 is 22.7 Å². The van der Waals surface area contributed by atoms with E-state index in [0.717, 1.165) is 8.61 Å². The molecule has 8 heteroatoms. The number of carboxylic acids is 1. The number of nitrogens with zero attached hydrogens (tertiary/aromatic N) is 2. The number of aromatic hydroxyl groups is 1. The molecular weight excluding hydrogens is 260 g/mol. The molecule has 1 rings (SSSR count). The summed E-state index contributed by atoms with van der Waals surface area (Å²) in [5, 5.41) is 17.7. The average molecular weight is 274 g/mol. The van der Waals surface area contributed by atoms with E-state index in [-0.39, 0.29) is 5.75 Å². The van der Waals surface area contributed by atoms with Crippen LogP contribution in [-0.2, 0) is 15.0 Å². The zero-order valence-corrected chi connectivity index (χ0v) is 10.8. The van der Waals surface area contributed by atoms with Gasteiger partial charge in [0.2, 0.25) is 0 Å². The van der Waals surface area contributed by atoms with E-state index in [1.807, 2.05) is 0 Å². The molecule has 0 saturated carbocycles. The molecule has 0 heterocycles. The minimum atomic E-state index is -3.90. The van der Waals surface area contributed by atoms with Gasteiger partial charge in [-0.2, -0.15) is 12.7 Å². The molecule has 0 radical (unpaired) electrons. The van der Waals surface area contributed by atoms with Crippen molar-refractivity contribution < 1.29 is 23.4 Å². The Labute approximate surface area is 105 Å². The fourth-order valence-corrected chi connectivity index (χ4v) is 2.36. The average Bonchev–Trinajstić information content (AvgIpc) is 2.28. The highest BCUT2D eigenvalue weighted by molar-refractivity contribution is 7.90. The van der Waals surface area contributed by atoms with E-state index in [1.54, 1.807) is 0 Å². The number of aliphatic carboxylic acids is 1. The lowest BCUT2D eigenvalue weighted by atomic mass is 10.3. The molecule has 0 aliphatic carbocycles. The highest BCUT2D eigenvalue weighted by atomic mass is 32.2. The molecule has 0 aliphatic heterocycles. The number of hydrogen-bond donors (Lipinski definition) is 2. The molecule has 0 amide bonds. The lowest BCUT2D eigenvalue weighted by Crippen LogP contribution is -2.42. The molecule has 0 aliphatic rings. The van der Waals surface area contributed by atoms with Crippen molar-refractivity contribution in [1.29, 1.82) is 0 Å². The first-order valence-corrected chi connectivity index (χ1v) is 6.36. The Bertz CT molecular complexity index is 526. The van der Waals surface area contributed by atoms with Crippen molar-refractivity contribution in [2.75, 3.05) is 24.9 Å². The van der Waals surface area contributed by atoms with Crippen LogP contribution in [0, 0.1) is 0 Å². The SMILES string of the molecule is CN(CC(=O)O)S(=O)(=O)N(C)c1ccc(O)cc1. The monoisotopic (exact) mass is 274 g/mol. The van der Waals surface area contributed by atoms with Crippen molar-refractivity contribution in [1.82, 2.24) is 4.31 Å². The minimum Gasteiger partial charge on any atom is -0.508 e. The van der Waals surface area contributed by atoms with Gasteiger partial charge in [0.05, 0.1) is 5.69 Å². The number of carboxylic acid groups (broad SMARTS) is 1. The smallest absolute Gasteiger partial charge is 0.318 e. The van der Waals surface area contributed by atoms with Gasteiger partial charge in [0, 0.05) is 14.1 Å². The maximum Gasteiger partial charge on any atom is 0.318 e. The predicted molar refractivity (Wildman–Crippen MR) is 65.7 cm³/mol. The molecule has 1 aromatic rings. The largest absolute Gasteiger partial charge is 0.508 e. The standard InChI is InChI=1S/C10H14N2O5S/c1-11(7-10(14)15)18(16,17)12(2)8-3-5-9(13)6-4-8/h3-6,13H,7H2,1-2H3,(H,14,15). The first kappa shape index (κ1) is 14.3. The lowest BCUT2D eigenvalue weighted by Gasteiger charge is -2.24. The number of benzene rings is 1. The fraction of sp³-hybridized carbons (Fsp3) is 0.300. The zero-order chi connectivity index (χ0) is 13.9. The van der Waals surface area contributed by atoms with Crippen molar-refractivity contribution in [2.45, 2.75) is 0 Å². The van der Waals surface area contributed by atoms with Crippen LogP contribution < -0.4 is 4.31 Å². The Kier molecular flexibility index (Phi) is 4.15. The molecule has 0 fully saturated rings. The Morgan fingerprint density at radius 3 is 2.17 bits per heavy atom. The summed E-state index contributed by atoms with van der Waals surface area (Å²) in [7, 11) is -1.41. The number of phenols is 1. The molecule has 0 atom stereocenters. The first-order valence-electron chi connectivity index (χ1n) is 4.96. The summed E-state index contributed by atoms with van der Waals surface area (Å²) in [5.41, 5.74) is 0.324. The highest BCUT2D eigenvalue weighted by Gasteiger charge is 2.25. The molecule has 7 nitrogen and oxygen atoms in total. The number of likely N-dealkylation sites (N-methyl/N-ethyl adjacent to an activating group) is 1. The van der Waals surface area contributed by atoms with E-state index in [4.69, 9.17) is 10.2 Å². The number of hydrogen-bond acceptors (Lipinski definition) is 4. The quantitative estimate of drug-likeness (QED) is 0.793. The van der Waals surface area contributed by atoms with Crippen molar-refractivity contribution in [3.05, 3.63) is 24.3 Å². The van der Waals surface area contributed by atoms with Crippen LogP contribution >= 0.6 is 0 Å².